The summed E-state index contributed by atoms with van der Waals surface area (Å²) < 4.78 is 0. The molecule has 1 aromatic rings. The number of hydrogen-bond acceptors (Lipinski definition) is 2. The van der Waals surface area contributed by atoms with Gasteiger partial charge in [-0.05, 0) is 24.5 Å². The molecule has 0 heterocycles. The summed E-state index contributed by atoms with van der Waals surface area (Å²) in [6, 6.07) is 5.40. The molecule has 2 rings (SSSR count). The van der Waals surface area contributed by atoms with Crippen LogP contribution < -0.4 is 5.73 Å². The standard InChI is InChI=1S/C14H17Cl2NO/c15-11-5-3-4-10(13(11)16)8-12(18)14(9-17)6-1-2-7-14/h3-5H,1-2,6-9,17H2. The van der Waals surface area contributed by atoms with Crippen LogP contribution in [-0.4, -0.2) is 12.3 Å². The molecule has 0 radical (unpaired) electrons. The zero-order valence-electron chi connectivity index (χ0n) is 10.2. The molecule has 0 unspecified atom stereocenters. The van der Waals surface area contributed by atoms with E-state index in [0.29, 0.717) is 23.0 Å². The van der Waals surface area contributed by atoms with Crippen molar-refractivity contribution in [3.8, 4) is 0 Å². The summed E-state index contributed by atoms with van der Waals surface area (Å²) >= 11 is 12.1. The van der Waals surface area contributed by atoms with Crippen molar-refractivity contribution in [2.75, 3.05) is 6.54 Å². The number of rotatable bonds is 4. The summed E-state index contributed by atoms with van der Waals surface area (Å²) in [4.78, 5) is 12.4. The molecule has 1 aromatic carbocycles. The number of carbonyl (C=O) groups is 1. The van der Waals surface area contributed by atoms with Gasteiger partial charge in [-0.1, -0.05) is 48.2 Å². The highest BCUT2D eigenvalue weighted by atomic mass is 35.5. The highest BCUT2D eigenvalue weighted by Gasteiger charge is 2.39. The van der Waals surface area contributed by atoms with Gasteiger partial charge in [0.05, 0.1) is 10.0 Å². The molecule has 4 heteroatoms. The van der Waals surface area contributed by atoms with Crippen molar-refractivity contribution < 1.29 is 4.79 Å². The second-order valence-electron chi connectivity index (χ2n) is 5.00. The number of halogens is 2. The van der Waals surface area contributed by atoms with Crippen LogP contribution in [-0.2, 0) is 11.2 Å². The summed E-state index contributed by atoms with van der Waals surface area (Å²) in [5.41, 5.74) is 6.28. The lowest BCUT2D eigenvalue weighted by Gasteiger charge is -2.25. The molecule has 98 valence electrons. The molecule has 0 aromatic heterocycles. The molecule has 2 nitrogen and oxygen atoms in total. The van der Waals surface area contributed by atoms with Gasteiger partial charge >= 0.3 is 0 Å². The molecule has 0 spiro atoms. The molecule has 1 aliphatic carbocycles. The van der Waals surface area contributed by atoms with Crippen LogP contribution in [0.15, 0.2) is 18.2 Å². The fourth-order valence-electron chi connectivity index (χ4n) is 2.69. The van der Waals surface area contributed by atoms with Crippen LogP contribution in [0.1, 0.15) is 31.2 Å². The minimum Gasteiger partial charge on any atom is -0.329 e. The topological polar surface area (TPSA) is 43.1 Å². The molecule has 0 atom stereocenters. The Labute approximate surface area is 117 Å². The average Bonchev–Trinajstić information content (AvgIpc) is 2.85. The summed E-state index contributed by atoms with van der Waals surface area (Å²) in [6.07, 6.45) is 4.32. The van der Waals surface area contributed by atoms with Gasteiger partial charge in [-0.25, -0.2) is 0 Å². The van der Waals surface area contributed by atoms with E-state index in [-0.39, 0.29) is 11.2 Å². The van der Waals surface area contributed by atoms with E-state index in [1.54, 1.807) is 6.07 Å². The van der Waals surface area contributed by atoms with Crippen LogP contribution in [0.25, 0.3) is 0 Å². The van der Waals surface area contributed by atoms with Crippen LogP contribution >= 0.6 is 23.2 Å². The summed E-state index contributed by atoms with van der Waals surface area (Å²) in [5.74, 6) is 0.201. The smallest absolute Gasteiger partial charge is 0.144 e. The van der Waals surface area contributed by atoms with E-state index >= 15 is 0 Å². The maximum atomic E-state index is 12.4. The van der Waals surface area contributed by atoms with E-state index in [4.69, 9.17) is 28.9 Å². The van der Waals surface area contributed by atoms with Gasteiger partial charge < -0.3 is 5.73 Å². The maximum absolute atomic E-state index is 12.4. The largest absolute Gasteiger partial charge is 0.329 e. The Bertz CT molecular complexity index is 453. The Morgan fingerprint density at radius 2 is 1.94 bits per heavy atom. The first kappa shape index (κ1) is 13.9. The first-order chi connectivity index (χ1) is 8.59. The molecule has 2 N–H and O–H groups in total. The number of hydrogen-bond donors (Lipinski definition) is 1. The average molecular weight is 286 g/mol. The predicted octanol–water partition coefficient (Wildman–Crippen LogP) is 3.62. The van der Waals surface area contributed by atoms with Gasteiger partial charge in [0, 0.05) is 18.4 Å². The molecular weight excluding hydrogens is 269 g/mol. The lowest BCUT2D eigenvalue weighted by atomic mass is 9.79. The maximum Gasteiger partial charge on any atom is 0.144 e. The van der Waals surface area contributed by atoms with Gasteiger partial charge in [-0.3, -0.25) is 4.79 Å². The SMILES string of the molecule is NCC1(C(=O)Cc2cccc(Cl)c2Cl)CCCC1. The Balaban J connectivity index is 2.18. The summed E-state index contributed by atoms with van der Waals surface area (Å²) in [7, 11) is 0. The van der Waals surface area contributed by atoms with Crippen molar-refractivity contribution in [2.45, 2.75) is 32.1 Å². The lowest BCUT2D eigenvalue weighted by Crippen LogP contribution is -2.37. The molecule has 0 aliphatic heterocycles. The van der Waals surface area contributed by atoms with E-state index in [1.807, 2.05) is 12.1 Å². The molecule has 18 heavy (non-hydrogen) atoms. The van der Waals surface area contributed by atoms with Crippen LogP contribution in [0.4, 0.5) is 0 Å². The Hall–Kier alpha value is -0.570. The second-order valence-corrected chi connectivity index (χ2v) is 5.79. The van der Waals surface area contributed by atoms with E-state index in [1.165, 1.54) is 0 Å². The van der Waals surface area contributed by atoms with Gasteiger partial charge in [0.25, 0.3) is 0 Å². The van der Waals surface area contributed by atoms with Crippen molar-refractivity contribution >= 4 is 29.0 Å². The van der Waals surface area contributed by atoms with E-state index in [0.717, 1.165) is 31.2 Å². The van der Waals surface area contributed by atoms with Crippen molar-refractivity contribution in [3.63, 3.8) is 0 Å². The highest BCUT2D eigenvalue weighted by molar-refractivity contribution is 6.42. The van der Waals surface area contributed by atoms with Crippen molar-refractivity contribution in [2.24, 2.45) is 11.1 Å². The number of nitrogens with two attached hydrogens (primary N) is 1. The molecule has 1 saturated carbocycles. The van der Waals surface area contributed by atoms with Crippen LogP contribution in [0.2, 0.25) is 10.0 Å². The third kappa shape index (κ3) is 2.56. The van der Waals surface area contributed by atoms with Crippen LogP contribution in [0.3, 0.4) is 0 Å². The molecule has 0 saturated heterocycles. The van der Waals surface area contributed by atoms with Crippen molar-refractivity contribution in [1.82, 2.24) is 0 Å². The fraction of sp³-hybridized carbons (Fsp3) is 0.500. The molecule has 0 amide bonds. The zero-order chi connectivity index (χ0) is 13.2. The van der Waals surface area contributed by atoms with E-state index in [2.05, 4.69) is 0 Å². The summed E-state index contributed by atoms with van der Waals surface area (Å²) in [6.45, 7) is 0.435. The van der Waals surface area contributed by atoms with Crippen molar-refractivity contribution in [1.29, 1.82) is 0 Å². The number of benzene rings is 1. The van der Waals surface area contributed by atoms with Crippen LogP contribution in [0.5, 0.6) is 0 Å². The second kappa shape index (κ2) is 5.60. The Kier molecular flexibility index (Phi) is 4.31. The monoisotopic (exact) mass is 285 g/mol. The van der Waals surface area contributed by atoms with Gasteiger partial charge in [-0.2, -0.15) is 0 Å². The van der Waals surface area contributed by atoms with E-state index in [9.17, 15) is 4.79 Å². The van der Waals surface area contributed by atoms with E-state index < -0.39 is 0 Å². The minimum atomic E-state index is -0.328. The van der Waals surface area contributed by atoms with Gasteiger partial charge in [-0.15, -0.1) is 0 Å². The molecule has 0 bridgehead atoms. The normalized spacial score (nSPS) is 17.9. The quantitative estimate of drug-likeness (QED) is 0.918. The van der Waals surface area contributed by atoms with Crippen LogP contribution in [0, 0.1) is 5.41 Å². The van der Waals surface area contributed by atoms with Gasteiger partial charge in [0.15, 0.2) is 0 Å². The minimum absolute atomic E-state index is 0.201. The summed E-state index contributed by atoms with van der Waals surface area (Å²) in [5, 5.41) is 0.980. The zero-order valence-corrected chi connectivity index (χ0v) is 11.7. The number of ketones is 1. The van der Waals surface area contributed by atoms with Crippen molar-refractivity contribution in [3.05, 3.63) is 33.8 Å². The van der Waals surface area contributed by atoms with Gasteiger partial charge in [0.1, 0.15) is 5.78 Å². The third-order valence-electron chi connectivity index (χ3n) is 3.93. The first-order valence-electron chi connectivity index (χ1n) is 6.25. The number of carbonyl (C=O) groups excluding carboxylic acids is 1. The number of Topliss-reactive ketones (excluding diaryl/α,β-unsaturated/α-hetero) is 1. The lowest BCUT2D eigenvalue weighted by molar-refractivity contribution is -0.127. The molecule has 1 fully saturated rings. The predicted molar refractivity (Wildman–Crippen MR) is 75.1 cm³/mol. The fourth-order valence-corrected chi connectivity index (χ4v) is 3.08. The molecular formula is C14H17Cl2NO. The first-order valence-corrected chi connectivity index (χ1v) is 7.01. The third-order valence-corrected chi connectivity index (χ3v) is 4.78. The molecule has 1 aliphatic rings. The highest BCUT2D eigenvalue weighted by Crippen LogP contribution is 2.39. The Morgan fingerprint density at radius 1 is 1.28 bits per heavy atom. The Morgan fingerprint density at radius 3 is 2.56 bits per heavy atom. The van der Waals surface area contributed by atoms with Gasteiger partial charge in [0.2, 0.25) is 0 Å².